The normalized spacial score (nSPS) is 10.6. The monoisotopic (exact) mass is 341 g/mol. The first kappa shape index (κ1) is 18.3. The van der Waals surface area contributed by atoms with E-state index in [1.807, 2.05) is 18.2 Å². The smallest absolute Gasteiger partial charge is 0.161 e. The molecule has 0 bridgehead atoms. The number of carbonyl (C=O) groups is 1. The van der Waals surface area contributed by atoms with Gasteiger partial charge < -0.3 is 19.4 Å². The molecule has 2 aromatic carbocycles. The van der Waals surface area contributed by atoms with Gasteiger partial charge in [-0.25, -0.2) is 0 Å². The van der Waals surface area contributed by atoms with Crippen LogP contribution < -0.4 is 20.0 Å². The van der Waals surface area contributed by atoms with Crippen LogP contribution in [0.25, 0.3) is 0 Å². The molecule has 6 nitrogen and oxygen atoms in total. The summed E-state index contributed by atoms with van der Waals surface area (Å²) in [5.41, 5.74) is 4.26. The van der Waals surface area contributed by atoms with Crippen LogP contribution in [0, 0.1) is 0 Å². The largest absolute Gasteiger partial charge is 0.545 e. The molecule has 0 aliphatic rings. The zero-order chi connectivity index (χ0) is 18.1. The van der Waals surface area contributed by atoms with Crippen LogP contribution in [-0.4, -0.2) is 25.9 Å². The summed E-state index contributed by atoms with van der Waals surface area (Å²) in [6, 6.07) is 11.8. The lowest BCUT2D eigenvalue weighted by atomic mass is 10.2. The summed E-state index contributed by atoms with van der Waals surface area (Å²) in [5, 5.41) is 15.0. The second-order valence-corrected chi connectivity index (χ2v) is 5.35. The van der Waals surface area contributed by atoms with Gasteiger partial charge in [-0.2, -0.15) is 5.10 Å². The molecule has 132 valence electrons. The molecule has 0 amide bonds. The molecular formula is C19H21N2O4-. The summed E-state index contributed by atoms with van der Waals surface area (Å²) in [6.45, 7) is 2.76. The average Bonchev–Trinajstić information content (AvgIpc) is 2.63. The van der Waals surface area contributed by atoms with Crippen LogP contribution in [0.1, 0.15) is 35.7 Å². The molecule has 2 rings (SSSR count). The minimum absolute atomic E-state index is 0.0930. The minimum Gasteiger partial charge on any atom is -0.545 e. The van der Waals surface area contributed by atoms with Crippen LogP contribution in [0.3, 0.4) is 0 Å². The SMILES string of the molecule is CCCCOc1ccc(/C=N\Nc2cccc(C(=O)[O-])c2)cc1OC. The molecular weight excluding hydrogens is 320 g/mol. The van der Waals surface area contributed by atoms with Gasteiger partial charge >= 0.3 is 0 Å². The molecule has 6 heteroatoms. The first-order valence-corrected chi connectivity index (χ1v) is 8.05. The Morgan fingerprint density at radius 2 is 2.08 bits per heavy atom. The molecule has 0 unspecified atom stereocenters. The summed E-state index contributed by atoms with van der Waals surface area (Å²) >= 11 is 0. The highest BCUT2D eigenvalue weighted by atomic mass is 16.5. The maximum atomic E-state index is 10.8. The maximum Gasteiger partial charge on any atom is 0.161 e. The highest BCUT2D eigenvalue weighted by Gasteiger charge is 2.04. The Hall–Kier alpha value is -3.02. The zero-order valence-electron chi connectivity index (χ0n) is 14.3. The van der Waals surface area contributed by atoms with E-state index in [9.17, 15) is 9.90 Å². The van der Waals surface area contributed by atoms with E-state index in [1.54, 1.807) is 25.5 Å². The van der Waals surface area contributed by atoms with Gasteiger partial charge in [-0.15, -0.1) is 0 Å². The Bertz CT molecular complexity index is 744. The van der Waals surface area contributed by atoms with E-state index < -0.39 is 5.97 Å². The predicted octanol–water partition coefficient (Wildman–Crippen LogP) is 2.68. The molecule has 25 heavy (non-hydrogen) atoms. The van der Waals surface area contributed by atoms with E-state index in [-0.39, 0.29) is 5.56 Å². The third kappa shape index (κ3) is 5.53. The lowest BCUT2D eigenvalue weighted by molar-refractivity contribution is -0.255. The second kappa shape index (κ2) is 9.32. The number of carboxylic acid groups (broad SMARTS) is 1. The van der Waals surface area contributed by atoms with E-state index in [0.29, 0.717) is 23.8 Å². The zero-order valence-corrected chi connectivity index (χ0v) is 14.3. The number of aromatic carboxylic acids is 1. The number of carboxylic acids is 1. The number of hydrogen-bond acceptors (Lipinski definition) is 6. The van der Waals surface area contributed by atoms with Crippen LogP contribution in [0.15, 0.2) is 47.6 Å². The minimum atomic E-state index is -1.23. The van der Waals surface area contributed by atoms with Crippen LogP contribution in [0.2, 0.25) is 0 Å². The van der Waals surface area contributed by atoms with E-state index in [2.05, 4.69) is 17.5 Å². The van der Waals surface area contributed by atoms with Gasteiger partial charge in [0.25, 0.3) is 0 Å². The lowest BCUT2D eigenvalue weighted by Crippen LogP contribution is -2.22. The third-order valence-corrected chi connectivity index (χ3v) is 3.45. The van der Waals surface area contributed by atoms with Crippen LogP contribution in [0.4, 0.5) is 5.69 Å². The number of methoxy groups -OCH3 is 1. The molecule has 0 aromatic heterocycles. The number of rotatable bonds is 9. The van der Waals surface area contributed by atoms with Gasteiger partial charge in [0.2, 0.25) is 0 Å². The van der Waals surface area contributed by atoms with Crippen molar-refractivity contribution in [1.82, 2.24) is 0 Å². The van der Waals surface area contributed by atoms with Crippen molar-refractivity contribution >= 4 is 17.9 Å². The van der Waals surface area contributed by atoms with Crippen LogP contribution in [-0.2, 0) is 0 Å². The van der Waals surface area contributed by atoms with Crippen molar-refractivity contribution in [1.29, 1.82) is 0 Å². The van der Waals surface area contributed by atoms with E-state index in [0.717, 1.165) is 18.4 Å². The van der Waals surface area contributed by atoms with Crippen LogP contribution >= 0.6 is 0 Å². The van der Waals surface area contributed by atoms with Gasteiger partial charge in [0, 0.05) is 0 Å². The molecule has 0 saturated carbocycles. The van der Waals surface area contributed by atoms with E-state index in [1.165, 1.54) is 12.1 Å². The van der Waals surface area contributed by atoms with Gasteiger partial charge in [0.05, 0.1) is 31.6 Å². The summed E-state index contributed by atoms with van der Waals surface area (Å²) in [5.74, 6) is 0.109. The fourth-order valence-electron chi connectivity index (χ4n) is 2.11. The Balaban J connectivity index is 2.03. The number of anilines is 1. The number of hydrazone groups is 1. The molecule has 0 spiro atoms. The molecule has 2 aromatic rings. The lowest BCUT2D eigenvalue weighted by Gasteiger charge is -2.10. The second-order valence-electron chi connectivity index (χ2n) is 5.35. The van der Waals surface area contributed by atoms with Gasteiger partial charge in [0.1, 0.15) is 0 Å². The summed E-state index contributed by atoms with van der Waals surface area (Å²) in [6.07, 6.45) is 3.67. The molecule has 0 fully saturated rings. The fourth-order valence-corrected chi connectivity index (χ4v) is 2.11. The van der Waals surface area contributed by atoms with Crippen molar-refractivity contribution in [3.8, 4) is 11.5 Å². The Morgan fingerprint density at radius 1 is 1.24 bits per heavy atom. The number of nitrogens with zero attached hydrogens (tertiary/aromatic N) is 1. The number of benzene rings is 2. The fraction of sp³-hybridized carbons (Fsp3) is 0.263. The molecule has 0 aliphatic heterocycles. The number of ether oxygens (including phenoxy) is 2. The summed E-state index contributed by atoms with van der Waals surface area (Å²) in [4.78, 5) is 10.8. The first-order valence-electron chi connectivity index (χ1n) is 8.05. The Morgan fingerprint density at radius 3 is 2.80 bits per heavy atom. The Kier molecular flexibility index (Phi) is 6.83. The number of carbonyl (C=O) groups excluding carboxylic acids is 1. The van der Waals surface area contributed by atoms with Gasteiger partial charge in [-0.05, 0) is 47.9 Å². The van der Waals surface area contributed by atoms with Gasteiger partial charge in [0.15, 0.2) is 11.5 Å². The molecule has 0 heterocycles. The topological polar surface area (TPSA) is 83.0 Å². The first-order chi connectivity index (χ1) is 12.1. The summed E-state index contributed by atoms with van der Waals surface area (Å²) in [7, 11) is 1.59. The molecule has 0 atom stereocenters. The molecule has 1 N–H and O–H groups in total. The number of nitrogens with one attached hydrogen (secondary N) is 1. The molecule has 0 saturated heterocycles. The number of hydrogen-bond donors (Lipinski definition) is 1. The number of unbranched alkanes of at least 4 members (excludes halogenated alkanes) is 1. The average molecular weight is 341 g/mol. The van der Waals surface area contributed by atoms with Crippen molar-refractivity contribution in [3.05, 3.63) is 53.6 Å². The van der Waals surface area contributed by atoms with E-state index in [4.69, 9.17) is 9.47 Å². The quantitative estimate of drug-likeness (QED) is 0.431. The predicted molar refractivity (Wildman–Crippen MR) is 95.4 cm³/mol. The maximum absolute atomic E-state index is 10.8. The van der Waals surface area contributed by atoms with Crippen molar-refractivity contribution < 1.29 is 19.4 Å². The Labute approximate surface area is 147 Å². The van der Waals surface area contributed by atoms with Gasteiger partial charge in [-0.1, -0.05) is 25.5 Å². The van der Waals surface area contributed by atoms with Gasteiger partial charge in [-0.3, -0.25) is 5.43 Å². The highest BCUT2D eigenvalue weighted by Crippen LogP contribution is 2.27. The molecule has 0 aliphatic carbocycles. The van der Waals surface area contributed by atoms with Crippen molar-refractivity contribution in [2.45, 2.75) is 19.8 Å². The van der Waals surface area contributed by atoms with Crippen molar-refractivity contribution in [2.24, 2.45) is 5.10 Å². The van der Waals surface area contributed by atoms with Crippen LogP contribution in [0.5, 0.6) is 11.5 Å². The third-order valence-electron chi connectivity index (χ3n) is 3.45. The standard InChI is InChI=1S/C19H22N2O4/c1-3-4-10-25-17-9-8-14(11-18(17)24-2)13-20-21-16-7-5-6-15(12-16)19(22)23/h5-9,11-13,21H,3-4,10H2,1-2H3,(H,22,23)/p-1/b20-13-. The molecule has 0 radical (unpaired) electrons. The van der Waals surface area contributed by atoms with Crippen molar-refractivity contribution in [3.63, 3.8) is 0 Å². The van der Waals surface area contributed by atoms with E-state index >= 15 is 0 Å². The summed E-state index contributed by atoms with van der Waals surface area (Å²) < 4.78 is 11.0. The van der Waals surface area contributed by atoms with Crippen molar-refractivity contribution in [2.75, 3.05) is 19.1 Å². The highest BCUT2D eigenvalue weighted by molar-refractivity contribution is 5.87.